The zero-order chi connectivity index (χ0) is 13.7. The van der Waals surface area contributed by atoms with Gasteiger partial charge in [-0.2, -0.15) is 5.90 Å². The molecule has 0 fully saturated rings. The van der Waals surface area contributed by atoms with Crippen LogP contribution in [0.25, 0.3) is 0 Å². The number of primary amides is 1. The summed E-state index contributed by atoms with van der Waals surface area (Å²) in [6.07, 6.45) is 0.532. The van der Waals surface area contributed by atoms with Gasteiger partial charge in [-0.3, -0.25) is 0 Å². The van der Waals surface area contributed by atoms with Crippen LogP contribution in [0.1, 0.15) is 47.0 Å². The van der Waals surface area contributed by atoms with Crippen molar-refractivity contribution in [1.29, 1.82) is 0 Å². The molecule has 0 aromatic rings. The smallest absolute Gasteiger partial charge is 0.405 e. The summed E-state index contributed by atoms with van der Waals surface area (Å²) in [5.41, 5.74) is 3.42. The van der Waals surface area contributed by atoms with Crippen molar-refractivity contribution in [3.8, 4) is 0 Å². The van der Waals surface area contributed by atoms with E-state index in [4.69, 9.17) is 16.4 Å². The van der Waals surface area contributed by atoms with Gasteiger partial charge in [0.05, 0.1) is 5.41 Å². The van der Waals surface area contributed by atoms with Crippen LogP contribution in [-0.4, -0.2) is 17.7 Å². The van der Waals surface area contributed by atoms with E-state index in [0.717, 1.165) is 0 Å². The molecule has 0 bridgehead atoms. The van der Waals surface area contributed by atoms with Crippen molar-refractivity contribution in [3.63, 3.8) is 0 Å². The van der Waals surface area contributed by atoms with Crippen LogP contribution in [0.15, 0.2) is 0 Å². The molecule has 1 amide bonds. The van der Waals surface area contributed by atoms with Crippen LogP contribution in [0.3, 0.4) is 0 Å². The molecule has 0 aromatic heterocycles. The molecule has 0 rings (SSSR count). The first-order chi connectivity index (χ1) is 7.73. The van der Waals surface area contributed by atoms with Gasteiger partial charge in [0.25, 0.3) is 0 Å². The molecular formula is C11H22N2O4. The van der Waals surface area contributed by atoms with E-state index in [1.54, 1.807) is 13.8 Å². The van der Waals surface area contributed by atoms with E-state index in [2.05, 4.69) is 4.84 Å². The fourth-order valence-electron chi connectivity index (χ4n) is 1.79. The molecule has 0 aliphatic heterocycles. The average molecular weight is 246 g/mol. The average Bonchev–Trinajstić information content (AvgIpc) is 2.26. The Morgan fingerprint density at radius 2 is 1.71 bits per heavy atom. The number of rotatable bonds is 6. The van der Waals surface area contributed by atoms with Crippen molar-refractivity contribution in [2.24, 2.45) is 17.0 Å². The van der Waals surface area contributed by atoms with E-state index < -0.39 is 23.1 Å². The molecule has 0 aliphatic rings. The Labute approximate surface area is 102 Å². The second kappa shape index (κ2) is 5.86. The molecule has 0 saturated carbocycles. The van der Waals surface area contributed by atoms with Crippen LogP contribution >= 0.6 is 0 Å². The summed E-state index contributed by atoms with van der Waals surface area (Å²) < 4.78 is 5.07. The van der Waals surface area contributed by atoms with Crippen LogP contribution < -0.4 is 11.6 Å². The Hall–Kier alpha value is -1.30. The summed E-state index contributed by atoms with van der Waals surface area (Å²) in [4.78, 5) is 26.8. The summed E-state index contributed by atoms with van der Waals surface area (Å²) in [5.74, 6) is 4.39. The lowest BCUT2D eigenvalue weighted by molar-refractivity contribution is -0.159. The fraction of sp³-hybridized carbons (Fsp3) is 0.818. The van der Waals surface area contributed by atoms with E-state index in [1.807, 2.05) is 13.8 Å². The third-order valence-corrected chi connectivity index (χ3v) is 3.24. The first-order valence-corrected chi connectivity index (χ1v) is 5.62. The summed E-state index contributed by atoms with van der Waals surface area (Å²) in [7, 11) is 0. The molecular weight excluding hydrogens is 224 g/mol. The maximum absolute atomic E-state index is 11.6. The molecule has 0 aromatic carbocycles. The molecule has 0 saturated heterocycles. The third-order valence-electron chi connectivity index (χ3n) is 3.24. The van der Waals surface area contributed by atoms with Crippen LogP contribution in [-0.2, 0) is 14.4 Å². The molecule has 4 N–H and O–H groups in total. The summed E-state index contributed by atoms with van der Waals surface area (Å²) >= 11 is 0. The number of carbonyl (C=O) groups excluding carboxylic acids is 2. The van der Waals surface area contributed by atoms with Gasteiger partial charge in [-0.15, -0.1) is 0 Å². The third kappa shape index (κ3) is 4.22. The highest BCUT2D eigenvalue weighted by Crippen LogP contribution is 2.36. The SMILES string of the molecule is CCC(C)(CC(C)(CC)C(=O)ON)OC(N)=O. The van der Waals surface area contributed by atoms with Gasteiger partial charge >= 0.3 is 12.1 Å². The standard InChI is InChI=1S/C11H22N2O4/c1-5-10(3,8(14)17-13)7-11(4,6-2)16-9(12)15/h5-7,13H2,1-4H3,(H2,12,15). The van der Waals surface area contributed by atoms with Crippen LogP contribution in [0.2, 0.25) is 0 Å². The lowest BCUT2D eigenvalue weighted by Gasteiger charge is -2.35. The lowest BCUT2D eigenvalue weighted by atomic mass is 9.76. The van der Waals surface area contributed by atoms with Crippen molar-refractivity contribution in [2.75, 3.05) is 0 Å². The fourth-order valence-corrected chi connectivity index (χ4v) is 1.79. The van der Waals surface area contributed by atoms with Crippen molar-refractivity contribution in [3.05, 3.63) is 0 Å². The molecule has 2 atom stereocenters. The van der Waals surface area contributed by atoms with Crippen LogP contribution in [0.4, 0.5) is 4.79 Å². The predicted octanol–water partition coefficient (Wildman–Crippen LogP) is 1.47. The molecule has 2 unspecified atom stereocenters. The first kappa shape index (κ1) is 15.7. The Morgan fingerprint density at radius 3 is 2.00 bits per heavy atom. The van der Waals surface area contributed by atoms with E-state index in [9.17, 15) is 9.59 Å². The molecule has 100 valence electrons. The minimum atomic E-state index is -0.853. The molecule has 0 heterocycles. The number of carbonyl (C=O) groups is 2. The maximum Gasteiger partial charge on any atom is 0.405 e. The molecule has 0 radical (unpaired) electrons. The maximum atomic E-state index is 11.6. The number of amides is 1. The van der Waals surface area contributed by atoms with Gasteiger partial charge < -0.3 is 15.3 Å². The van der Waals surface area contributed by atoms with Crippen molar-refractivity contribution < 1.29 is 19.2 Å². The van der Waals surface area contributed by atoms with Crippen LogP contribution in [0.5, 0.6) is 0 Å². The highest BCUT2D eigenvalue weighted by Gasteiger charge is 2.41. The number of nitrogens with two attached hydrogens (primary N) is 2. The molecule has 0 aliphatic carbocycles. The molecule has 17 heavy (non-hydrogen) atoms. The lowest BCUT2D eigenvalue weighted by Crippen LogP contribution is -2.43. The minimum Gasteiger partial charge on any atom is -0.443 e. The van der Waals surface area contributed by atoms with Gasteiger partial charge in [0, 0.05) is 6.42 Å². The van der Waals surface area contributed by atoms with Crippen molar-refractivity contribution in [1.82, 2.24) is 0 Å². The van der Waals surface area contributed by atoms with Gasteiger partial charge in [-0.25, -0.2) is 9.59 Å². The van der Waals surface area contributed by atoms with E-state index in [0.29, 0.717) is 19.3 Å². The van der Waals surface area contributed by atoms with E-state index >= 15 is 0 Å². The van der Waals surface area contributed by atoms with Crippen molar-refractivity contribution >= 4 is 12.1 Å². The Kier molecular flexibility index (Phi) is 5.41. The highest BCUT2D eigenvalue weighted by atomic mass is 16.7. The van der Waals surface area contributed by atoms with Gasteiger partial charge in [0.1, 0.15) is 5.60 Å². The monoisotopic (exact) mass is 246 g/mol. The van der Waals surface area contributed by atoms with E-state index in [1.165, 1.54) is 0 Å². The summed E-state index contributed by atoms with van der Waals surface area (Å²) in [6.45, 7) is 7.15. The molecule has 6 heteroatoms. The number of hydrogen-bond acceptors (Lipinski definition) is 5. The zero-order valence-corrected chi connectivity index (χ0v) is 10.9. The van der Waals surface area contributed by atoms with Gasteiger partial charge in [-0.05, 0) is 26.7 Å². The zero-order valence-electron chi connectivity index (χ0n) is 10.9. The summed E-state index contributed by atoms with van der Waals surface area (Å²) in [5, 5.41) is 0. The highest BCUT2D eigenvalue weighted by molar-refractivity contribution is 5.76. The van der Waals surface area contributed by atoms with Gasteiger partial charge in [0.15, 0.2) is 0 Å². The van der Waals surface area contributed by atoms with Crippen molar-refractivity contribution in [2.45, 2.75) is 52.6 Å². The Balaban J connectivity index is 4.95. The van der Waals surface area contributed by atoms with E-state index in [-0.39, 0.29) is 0 Å². The Morgan fingerprint density at radius 1 is 1.18 bits per heavy atom. The normalized spacial score (nSPS) is 17.7. The first-order valence-electron chi connectivity index (χ1n) is 5.62. The topological polar surface area (TPSA) is 105 Å². The molecule has 0 spiro atoms. The predicted molar refractivity (Wildman–Crippen MR) is 62.7 cm³/mol. The van der Waals surface area contributed by atoms with Gasteiger partial charge in [-0.1, -0.05) is 13.8 Å². The number of ether oxygens (including phenoxy) is 1. The number of hydrogen-bond donors (Lipinski definition) is 2. The quantitative estimate of drug-likeness (QED) is 0.690. The second-order valence-electron chi connectivity index (χ2n) is 4.72. The second-order valence-corrected chi connectivity index (χ2v) is 4.72. The summed E-state index contributed by atoms with van der Waals surface area (Å²) in [6, 6.07) is 0. The molecule has 6 nitrogen and oxygen atoms in total. The van der Waals surface area contributed by atoms with Crippen LogP contribution in [0, 0.1) is 5.41 Å². The largest absolute Gasteiger partial charge is 0.443 e. The minimum absolute atomic E-state index is 0.311. The Bertz CT molecular complexity index is 295. The van der Waals surface area contributed by atoms with Gasteiger partial charge in [0.2, 0.25) is 0 Å².